The first-order valence-electron chi connectivity index (χ1n) is 8.51. The van der Waals surface area contributed by atoms with E-state index in [9.17, 15) is 18.3 Å². The normalized spacial score (nSPS) is 20.7. The summed E-state index contributed by atoms with van der Waals surface area (Å²) in [6.45, 7) is 1.93. The lowest BCUT2D eigenvalue weighted by Gasteiger charge is -2.34. The van der Waals surface area contributed by atoms with Crippen molar-refractivity contribution in [3.63, 3.8) is 0 Å². The Morgan fingerprint density at radius 3 is 2.41 bits per heavy atom. The third-order valence-corrected chi connectivity index (χ3v) is 6.21. The lowest BCUT2D eigenvalue weighted by atomic mass is 10.1. The molecular formula is C20H21NO5S. The van der Waals surface area contributed by atoms with E-state index in [1.54, 1.807) is 12.1 Å². The number of hydrogen-bond acceptors (Lipinski definition) is 5. The molecular weight excluding hydrogens is 366 g/mol. The van der Waals surface area contributed by atoms with Crippen LogP contribution in [-0.4, -0.2) is 42.5 Å². The van der Waals surface area contributed by atoms with Crippen LogP contribution in [0.25, 0.3) is 0 Å². The molecule has 1 N–H and O–H groups in total. The molecule has 1 heterocycles. The molecule has 2 aromatic rings. The Morgan fingerprint density at radius 2 is 1.74 bits per heavy atom. The van der Waals surface area contributed by atoms with Crippen molar-refractivity contribution in [1.29, 1.82) is 0 Å². The minimum atomic E-state index is -4.07. The zero-order valence-corrected chi connectivity index (χ0v) is 15.7. The standard InChI is InChI=1S/C20H21NO5S/c1-15-7-9-17(10-8-15)27(24,25)21-18(19(22)11-12-20(21)23)14-26-13-16-5-3-2-4-6-16/h2-12,18,20,23H,13-14H2,1H3/t18-,20?/m0/s1. The summed E-state index contributed by atoms with van der Waals surface area (Å²) < 4.78 is 32.4. The molecule has 6 nitrogen and oxygen atoms in total. The van der Waals surface area contributed by atoms with Gasteiger partial charge >= 0.3 is 0 Å². The van der Waals surface area contributed by atoms with Crippen LogP contribution < -0.4 is 0 Å². The van der Waals surface area contributed by atoms with Crippen LogP contribution in [0.4, 0.5) is 0 Å². The van der Waals surface area contributed by atoms with Gasteiger partial charge in [0.15, 0.2) is 5.78 Å². The molecule has 3 rings (SSSR count). The number of carbonyl (C=O) groups is 1. The van der Waals surface area contributed by atoms with Gasteiger partial charge in [0.1, 0.15) is 12.3 Å². The Kier molecular flexibility index (Phi) is 5.86. The summed E-state index contributed by atoms with van der Waals surface area (Å²) in [4.78, 5) is 12.4. The smallest absolute Gasteiger partial charge is 0.246 e. The topological polar surface area (TPSA) is 83.9 Å². The second-order valence-electron chi connectivity index (χ2n) is 6.34. The van der Waals surface area contributed by atoms with Crippen LogP contribution in [0.5, 0.6) is 0 Å². The summed E-state index contributed by atoms with van der Waals surface area (Å²) in [5.41, 5.74) is 1.82. The Bertz CT molecular complexity index is 923. The molecule has 0 aromatic heterocycles. The van der Waals surface area contributed by atoms with Crippen LogP contribution in [0, 0.1) is 6.92 Å². The maximum Gasteiger partial charge on any atom is 0.246 e. The van der Waals surface area contributed by atoms with Gasteiger partial charge in [0.25, 0.3) is 0 Å². The van der Waals surface area contributed by atoms with E-state index in [1.807, 2.05) is 37.3 Å². The maximum absolute atomic E-state index is 13.0. The van der Waals surface area contributed by atoms with Crippen molar-refractivity contribution in [2.75, 3.05) is 6.61 Å². The molecule has 1 aliphatic heterocycles. The van der Waals surface area contributed by atoms with Gasteiger partial charge in [-0.2, -0.15) is 4.31 Å². The minimum Gasteiger partial charge on any atom is -0.375 e. The van der Waals surface area contributed by atoms with Crippen LogP contribution in [0.3, 0.4) is 0 Å². The number of aliphatic hydroxyl groups is 1. The van der Waals surface area contributed by atoms with Crippen molar-refractivity contribution in [3.8, 4) is 0 Å². The van der Waals surface area contributed by atoms with Gasteiger partial charge in [0.2, 0.25) is 10.0 Å². The number of aryl methyl sites for hydroxylation is 1. The second kappa shape index (κ2) is 8.14. The number of benzene rings is 2. The van der Waals surface area contributed by atoms with Crippen LogP contribution in [0.15, 0.2) is 71.6 Å². The molecule has 1 unspecified atom stereocenters. The molecule has 0 aliphatic carbocycles. The van der Waals surface area contributed by atoms with E-state index in [2.05, 4.69) is 0 Å². The zero-order valence-electron chi connectivity index (χ0n) is 14.9. The Hall–Kier alpha value is -2.32. The van der Waals surface area contributed by atoms with Crippen molar-refractivity contribution in [1.82, 2.24) is 4.31 Å². The van der Waals surface area contributed by atoms with Gasteiger partial charge in [-0.1, -0.05) is 48.0 Å². The number of carbonyl (C=O) groups excluding carboxylic acids is 1. The first-order valence-corrected chi connectivity index (χ1v) is 9.95. The summed E-state index contributed by atoms with van der Waals surface area (Å²) >= 11 is 0. The van der Waals surface area contributed by atoms with Gasteiger partial charge < -0.3 is 9.84 Å². The molecule has 0 bridgehead atoms. The molecule has 0 saturated heterocycles. The van der Waals surface area contributed by atoms with Gasteiger partial charge in [-0.05, 0) is 36.8 Å². The Morgan fingerprint density at radius 1 is 1.07 bits per heavy atom. The third-order valence-electron chi connectivity index (χ3n) is 4.31. The van der Waals surface area contributed by atoms with Crippen LogP contribution >= 0.6 is 0 Å². The number of sulfonamides is 1. The van der Waals surface area contributed by atoms with Crippen LogP contribution in [0.2, 0.25) is 0 Å². The minimum absolute atomic E-state index is 0.0170. The predicted molar refractivity (Wildman–Crippen MR) is 100 cm³/mol. The number of nitrogens with zero attached hydrogens (tertiary/aromatic N) is 1. The van der Waals surface area contributed by atoms with Crippen LogP contribution in [-0.2, 0) is 26.2 Å². The maximum atomic E-state index is 13.0. The second-order valence-corrected chi connectivity index (χ2v) is 8.18. The van der Waals surface area contributed by atoms with E-state index in [0.29, 0.717) is 0 Å². The summed E-state index contributed by atoms with van der Waals surface area (Å²) in [5.74, 6) is -0.427. The van der Waals surface area contributed by atoms with Crippen molar-refractivity contribution >= 4 is 15.8 Å². The highest BCUT2D eigenvalue weighted by Gasteiger charge is 2.41. The molecule has 0 spiro atoms. The van der Waals surface area contributed by atoms with Gasteiger partial charge in [-0.25, -0.2) is 8.42 Å². The van der Waals surface area contributed by atoms with E-state index in [4.69, 9.17) is 4.74 Å². The fourth-order valence-electron chi connectivity index (χ4n) is 2.85. The average Bonchev–Trinajstić information content (AvgIpc) is 2.65. The molecule has 0 amide bonds. The molecule has 2 aromatic carbocycles. The molecule has 1 aliphatic rings. The Balaban J connectivity index is 1.82. The molecule has 0 radical (unpaired) electrons. The number of ketones is 1. The molecule has 7 heteroatoms. The van der Waals surface area contributed by atoms with E-state index in [0.717, 1.165) is 15.4 Å². The molecule has 27 heavy (non-hydrogen) atoms. The van der Waals surface area contributed by atoms with Crippen molar-refractivity contribution in [3.05, 3.63) is 77.9 Å². The number of rotatable bonds is 6. The molecule has 0 fully saturated rings. The van der Waals surface area contributed by atoms with E-state index >= 15 is 0 Å². The molecule has 142 valence electrons. The van der Waals surface area contributed by atoms with E-state index in [-0.39, 0.29) is 18.1 Å². The molecule has 0 saturated carbocycles. The highest BCUT2D eigenvalue weighted by Crippen LogP contribution is 2.25. The lowest BCUT2D eigenvalue weighted by molar-refractivity contribution is -0.123. The summed E-state index contributed by atoms with van der Waals surface area (Å²) in [6.07, 6.45) is 0.934. The first-order chi connectivity index (χ1) is 12.9. The predicted octanol–water partition coefficient (Wildman–Crippen LogP) is 2.03. The van der Waals surface area contributed by atoms with Crippen molar-refractivity contribution in [2.24, 2.45) is 0 Å². The van der Waals surface area contributed by atoms with E-state index < -0.39 is 28.1 Å². The van der Waals surface area contributed by atoms with Gasteiger partial charge in [0, 0.05) is 0 Å². The van der Waals surface area contributed by atoms with Gasteiger partial charge in [0.05, 0.1) is 18.1 Å². The summed E-state index contributed by atoms with van der Waals surface area (Å²) in [7, 11) is -4.07. The highest BCUT2D eigenvalue weighted by atomic mass is 32.2. The monoisotopic (exact) mass is 387 g/mol. The zero-order chi connectivity index (χ0) is 19.4. The summed E-state index contributed by atoms with van der Waals surface area (Å²) in [6, 6.07) is 14.5. The fraction of sp³-hybridized carbons (Fsp3) is 0.250. The number of aliphatic hydroxyl groups excluding tert-OH is 1. The van der Waals surface area contributed by atoms with E-state index in [1.165, 1.54) is 24.3 Å². The average molecular weight is 387 g/mol. The quantitative estimate of drug-likeness (QED) is 0.820. The SMILES string of the molecule is Cc1ccc(S(=O)(=O)N2C(O)C=CC(=O)[C@@H]2COCc2ccccc2)cc1. The molecule has 2 atom stereocenters. The lowest BCUT2D eigenvalue weighted by Crippen LogP contribution is -2.54. The largest absolute Gasteiger partial charge is 0.375 e. The van der Waals surface area contributed by atoms with Crippen molar-refractivity contribution in [2.45, 2.75) is 30.7 Å². The fourth-order valence-corrected chi connectivity index (χ4v) is 4.42. The Labute approximate surface area is 158 Å². The first kappa shape index (κ1) is 19.4. The van der Waals surface area contributed by atoms with Gasteiger partial charge in [-0.15, -0.1) is 0 Å². The number of hydrogen-bond donors (Lipinski definition) is 1. The van der Waals surface area contributed by atoms with Crippen LogP contribution in [0.1, 0.15) is 11.1 Å². The van der Waals surface area contributed by atoms with Gasteiger partial charge in [-0.3, -0.25) is 4.79 Å². The summed E-state index contributed by atoms with van der Waals surface area (Å²) in [5, 5.41) is 10.3. The number of ether oxygens (including phenoxy) is 1. The van der Waals surface area contributed by atoms with Crippen molar-refractivity contribution < 1.29 is 23.1 Å². The highest BCUT2D eigenvalue weighted by molar-refractivity contribution is 7.89. The third kappa shape index (κ3) is 4.33.